The third-order valence-corrected chi connectivity index (χ3v) is 4.16. The van der Waals surface area contributed by atoms with E-state index in [0.717, 1.165) is 25.7 Å². The minimum absolute atomic E-state index is 0.152. The zero-order valence-electron chi connectivity index (χ0n) is 12.8. The minimum Gasteiger partial charge on any atom is -0.464 e. The van der Waals surface area contributed by atoms with Gasteiger partial charge in [-0.15, -0.1) is 0 Å². The molecule has 1 heterocycles. The van der Waals surface area contributed by atoms with Gasteiger partial charge in [-0.25, -0.2) is 9.78 Å². The Kier molecular flexibility index (Phi) is 4.46. The molecule has 1 saturated carbocycles. The highest BCUT2D eigenvalue weighted by molar-refractivity contribution is 5.87. The third-order valence-electron chi connectivity index (χ3n) is 4.16. The molecular weight excluding hydrogens is 270 g/mol. The molecule has 2 rings (SSSR count). The van der Waals surface area contributed by atoms with Gasteiger partial charge in [-0.05, 0) is 31.1 Å². The number of ether oxygens (including phenoxy) is 1. The zero-order chi connectivity index (χ0) is 15.5. The van der Waals surface area contributed by atoms with Crippen LogP contribution in [-0.4, -0.2) is 40.3 Å². The molecule has 0 spiro atoms. The fourth-order valence-electron chi connectivity index (χ4n) is 2.48. The summed E-state index contributed by atoms with van der Waals surface area (Å²) in [4.78, 5) is 19.5. The van der Waals surface area contributed by atoms with Crippen molar-refractivity contribution in [3.8, 4) is 0 Å². The molecule has 6 heteroatoms. The lowest BCUT2D eigenvalue weighted by Crippen LogP contribution is -2.42. The summed E-state index contributed by atoms with van der Waals surface area (Å²) in [6.45, 7) is 4.86. The summed E-state index contributed by atoms with van der Waals surface area (Å²) in [5.74, 6) is -0.0552. The molecule has 0 bridgehead atoms. The van der Waals surface area contributed by atoms with Crippen LogP contribution < -0.4 is 5.32 Å². The average Bonchev–Trinajstić information content (AvgIpc) is 2.48. The molecule has 6 nitrogen and oxygen atoms in total. The van der Waals surface area contributed by atoms with Crippen LogP contribution in [0.4, 0.5) is 5.82 Å². The summed E-state index contributed by atoms with van der Waals surface area (Å²) in [5.41, 5.74) is -0.269. The number of aromatic nitrogens is 2. The molecule has 0 amide bonds. The van der Waals surface area contributed by atoms with E-state index >= 15 is 0 Å². The molecule has 0 atom stereocenters. The van der Waals surface area contributed by atoms with Crippen molar-refractivity contribution in [2.75, 3.05) is 19.0 Å². The Balaban J connectivity index is 1.95. The number of esters is 1. The lowest BCUT2D eigenvalue weighted by molar-refractivity contribution is -0.0145. The number of methoxy groups -OCH3 is 1. The van der Waals surface area contributed by atoms with E-state index in [1.54, 1.807) is 0 Å². The van der Waals surface area contributed by atoms with Gasteiger partial charge >= 0.3 is 5.97 Å². The molecule has 0 unspecified atom stereocenters. The predicted molar refractivity (Wildman–Crippen MR) is 79.1 cm³/mol. The maximum absolute atomic E-state index is 11.4. The Labute approximate surface area is 124 Å². The zero-order valence-corrected chi connectivity index (χ0v) is 12.8. The van der Waals surface area contributed by atoms with Crippen molar-refractivity contribution in [2.45, 2.75) is 45.1 Å². The first-order valence-corrected chi connectivity index (χ1v) is 7.20. The van der Waals surface area contributed by atoms with Gasteiger partial charge in [0.05, 0.1) is 25.1 Å². The molecule has 2 N–H and O–H groups in total. The number of nitrogens with one attached hydrogen (secondary N) is 1. The molecular formula is C15H23N3O3. The highest BCUT2D eigenvalue weighted by Gasteiger charge is 2.36. The van der Waals surface area contributed by atoms with Crippen molar-refractivity contribution in [1.82, 2.24) is 9.97 Å². The highest BCUT2D eigenvalue weighted by Crippen LogP contribution is 2.40. The van der Waals surface area contributed by atoms with Crippen LogP contribution >= 0.6 is 0 Å². The van der Waals surface area contributed by atoms with E-state index in [-0.39, 0.29) is 5.69 Å². The fourth-order valence-corrected chi connectivity index (χ4v) is 2.48. The quantitative estimate of drug-likeness (QED) is 0.826. The van der Waals surface area contributed by atoms with Gasteiger partial charge in [0.1, 0.15) is 5.82 Å². The fraction of sp³-hybridized carbons (Fsp3) is 0.667. The van der Waals surface area contributed by atoms with E-state index in [1.165, 1.54) is 19.5 Å². The molecule has 1 aliphatic rings. The molecule has 0 aliphatic heterocycles. The molecule has 116 valence electrons. The average molecular weight is 293 g/mol. The van der Waals surface area contributed by atoms with Crippen LogP contribution in [-0.2, 0) is 4.74 Å². The van der Waals surface area contributed by atoms with Crippen molar-refractivity contribution >= 4 is 11.8 Å². The Morgan fingerprint density at radius 1 is 1.33 bits per heavy atom. The van der Waals surface area contributed by atoms with Crippen LogP contribution in [0.5, 0.6) is 0 Å². The highest BCUT2D eigenvalue weighted by atomic mass is 16.5. The molecule has 1 aromatic heterocycles. The largest absolute Gasteiger partial charge is 0.464 e. The lowest BCUT2D eigenvalue weighted by atomic mass is 9.71. The Morgan fingerprint density at radius 3 is 2.62 bits per heavy atom. The maximum Gasteiger partial charge on any atom is 0.358 e. The third kappa shape index (κ3) is 4.14. The van der Waals surface area contributed by atoms with Crippen LogP contribution in [0.15, 0.2) is 12.4 Å². The number of rotatable bonds is 4. The summed E-state index contributed by atoms with van der Waals surface area (Å²) >= 11 is 0. The molecule has 1 fully saturated rings. The molecule has 0 saturated heterocycles. The summed E-state index contributed by atoms with van der Waals surface area (Å²) < 4.78 is 4.61. The van der Waals surface area contributed by atoms with Crippen molar-refractivity contribution < 1.29 is 14.6 Å². The summed E-state index contributed by atoms with van der Waals surface area (Å²) in [5, 5.41) is 13.7. The van der Waals surface area contributed by atoms with Crippen molar-refractivity contribution in [3.63, 3.8) is 0 Å². The Morgan fingerprint density at radius 2 is 2.00 bits per heavy atom. The molecule has 0 radical (unpaired) electrons. The second-order valence-corrected chi connectivity index (χ2v) is 6.52. The van der Waals surface area contributed by atoms with Crippen molar-refractivity contribution in [1.29, 1.82) is 0 Å². The van der Waals surface area contributed by atoms with Gasteiger partial charge in [0.25, 0.3) is 0 Å². The van der Waals surface area contributed by atoms with Gasteiger partial charge in [0.2, 0.25) is 0 Å². The molecule has 21 heavy (non-hydrogen) atoms. The number of hydrogen-bond donors (Lipinski definition) is 2. The SMILES string of the molecule is COC(=O)c1cncc(NCC2(O)CCC(C)(C)CC2)n1. The van der Waals surface area contributed by atoms with Crippen LogP contribution in [0.1, 0.15) is 50.0 Å². The Hall–Kier alpha value is -1.69. The standard InChI is InChI=1S/C15H23N3O3/c1-14(2)4-6-15(20,7-5-14)10-17-12-9-16-8-11(18-12)13(19)21-3/h8-9,20H,4-7,10H2,1-3H3,(H,17,18). The number of hydrogen-bond acceptors (Lipinski definition) is 6. The molecule has 1 aromatic rings. The van der Waals surface area contributed by atoms with E-state index in [9.17, 15) is 9.90 Å². The number of nitrogens with zero attached hydrogens (tertiary/aromatic N) is 2. The second kappa shape index (κ2) is 5.97. The van der Waals surface area contributed by atoms with Crippen molar-refractivity contribution in [2.24, 2.45) is 5.41 Å². The predicted octanol–water partition coefficient (Wildman–Crippen LogP) is 2.01. The second-order valence-electron chi connectivity index (χ2n) is 6.52. The first-order chi connectivity index (χ1) is 9.84. The first-order valence-electron chi connectivity index (χ1n) is 7.20. The van der Waals surface area contributed by atoms with Gasteiger partial charge in [-0.1, -0.05) is 13.8 Å². The normalized spacial score (nSPS) is 19.8. The van der Waals surface area contributed by atoms with Crippen LogP contribution in [0.3, 0.4) is 0 Å². The lowest BCUT2D eigenvalue weighted by Gasteiger charge is -2.40. The minimum atomic E-state index is -0.724. The van der Waals surface area contributed by atoms with Gasteiger partial charge in [0.15, 0.2) is 5.69 Å². The first kappa shape index (κ1) is 15.7. The van der Waals surface area contributed by atoms with Gasteiger partial charge in [-0.3, -0.25) is 4.98 Å². The van der Waals surface area contributed by atoms with Crippen LogP contribution in [0.2, 0.25) is 0 Å². The van der Waals surface area contributed by atoms with E-state index in [1.807, 2.05) is 0 Å². The molecule has 1 aliphatic carbocycles. The van der Waals surface area contributed by atoms with E-state index in [4.69, 9.17) is 0 Å². The topological polar surface area (TPSA) is 84.3 Å². The van der Waals surface area contributed by atoms with E-state index in [2.05, 4.69) is 33.9 Å². The maximum atomic E-state index is 11.4. The van der Waals surface area contributed by atoms with E-state index < -0.39 is 11.6 Å². The van der Waals surface area contributed by atoms with Gasteiger partial charge in [0, 0.05) is 6.54 Å². The number of carbonyl (C=O) groups excluding carboxylic acids is 1. The number of carbonyl (C=O) groups is 1. The summed E-state index contributed by atoms with van der Waals surface area (Å²) in [6, 6.07) is 0. The number of aliphatic hydroxyl groups is 1. The summed E-state index contributed by atoms with van der Waals surface area (Å²) in [7, 11) is 1.30. The van der Waals surface area contributed by atoms with E-state index in [0.29, 0.717) is 17.8 Å². The summed E-state index contributed by atoms with van der Waals surface area (Å²) in [6.07, 6.45) is 6.41. The van der Waals surface area contributed by atoms with Crippen molar-refractivity contribution in [3.05, 3.63) is 18.1 Å². The molecule has 0 aromatic carbocycles. The Bertz CT molecular complexity index is 507. The van der Waals surface area contributed by atoms with Gasteiger partial charge in [-0.2, -0.15) is 0 Å². The number of anilines is 1. The smallest absolute Gasteiger partial charge is 0.358 e. The van der Waals surface area contributed by atoms with Gasteiger partial charge < -0.3 is 15.2 Å². The van der Waals surface area contributed by atoms with Crippen LogP contribution in [0.25, 0.3) is 0 Å². The monoisotopic (exact) mass is 293 g/mol. The van der Waals surface area contributed by atoms with Crippen LogP contribution in [0, 0.1) is 5.41 Å².